The number of nitrogens with one attached hydrogen (secondary N) is 1. The van der Waals surface area contributed by atoms with Gasteiger partial charge in [-0.25, -0.2) is 4.90 Å². The summed E-state index contributed by atoms with van der Waals surface area (Å²) < 4.78 is 0. The van der Waals surface area contributed by atoms with Crippen LogP contribution in [0.25, 0.3) is 0 Å². The summed E-state index contributed by atoms with van der Waals surface area (Å²) in [4.78, 5) is 34.5. The molecule has 5 heteroatoms. The van der Waals surface area contributed by atoms with E-state index in [1.54, 1.807) is 6.07 Å². The average Bonchev–Trinajstić information content (AvgIpc) is 2.70. The third-order valence-corrected chi connectivity index (χ3v) is 2.96. The van der Waals surface area contributed by atoms with Gasteiger partial charge in [-0.15, -0.1) is 0 Å². The molecule has 0 saturated heterocycles. The fourth-order valence-corrected chi connectivity index (χ4v) is 2.09. The van der Waals surface area contributed by atoms with E-state index in [-0.39, 0.29) is 18.6 Å². The van der Waals surface area contributed by atoms with E-state index in [0.29, 0.717) is 5.69 Å². The average molecular weight is 246 g/mol. The van der Waals surface area contributed by atoms with Gasteiger partial charge in [-0.3, -0.25) is 14.4 Å². The van der Waals surface area contributed by atoms with Gasteiger partial charge in [0.1, 0.15) is 0 Å². The van der Waals surface area contributed by atoms with Gasteiger partial charge in [-0.1, -0.05) is 12.1 Å². The van der Waals surface area contributed by atoms with Crippen molar-refractivity contribution >= 4 is 23.8 Å². The number of carbonyl (C=O) groups is 3. The Balaban J connectivity index is 2.29. The summed E-state index contributed by atoms with van der Waals surface area (Å²) in [5.41, 5.74) is 2.45. The summed E-state index contributed by atoms with van der Waals surface area (Å²) in [6, 6.07) is 5.52. The predicted octanol–water partition coefficient (Wildman–Crippen LogP) is 0.0631. The molecule has 1 aliphatic rings. The molecule has 2 rings (SSSR count). The second kappa shape index (κ2) is 5.10. The van der Waals surface area contributed by atoms with Crippen LogP contribution in [0.1, 0.15) is 11.1 Å². The first-order valence-corrected chi connectivity index (χ1v) is 5.76. The Hall–Kier alpha value is -2.01. The number of benzene rings is 1. The van der Waals surface area contributed by atoms with Crippen molar-refractivity contribution in [1.29, 1.82) is 0 Å². The summed E-state index contributed by atoms with van der Waals surface area (Å²) in [6.07, 6.45) is 1.21. The van der Waals surface area contributed by atoms with E-state index >= 15 is 0 Å². The molecule has 94 valence electrons. The molecule has 0 bridgehead atoms. The van der Waals surface area contributed by atoms with Gasteiger partial charge in [0, 0.05) is 0 Å². The quantitative estimate of drug-likeness (QED) is 0.603. The van der Waals surface area contributed by atoms with Crippen molar-refractivity contribution in [3.05, 3.63) is 29.3 Å². The zero-order valence-corrected chi connectivity index (χ0v) is 10.1. The van der Waals surface area contributed by atoms with Crippen LogP contribution in [-0.2, 0) is 27.2 Å². The second-order valence-electron chi connectivity index (χ2n) is 4.18. The molecule has 0 radical (unpaired) electrons. The lowest BCUT2D eigenvalue weighted by atomic mass is 10.1. The number of amides is 2. The lowest BCUT2D eigenvalue weighted by molar-refractivity contribution is -0.132. The molecule has 1 aromatic carbocycles. The minimum atomic E-state index is -0.804. The first-order chi connectivity index (χ1) is 8.67. The number of fused-ring (bicyclic) bond motifs is 1. The lowest BCUT2D eigenvalue weighted by Crippen LogP contribution is -2.34. The van der Waals surface area contributed by atoms with Crippen LogP contribution in [0.3, 0.4) is 0 Å². The Labute approximate surface area is 105 Å². The third-order valence-electron chi connectivity index (χ3n) is 2.96. The highest BCUT2D eigenvalue weighted by molar-refractivity contribution is 6.39. The fraction of sp³-hybridized carbons (Fsp3) is 0.308. The number of hydrogen-bond donors (Lipinski definition) is 1. The minimum Gasteiger partial charge on any atom is -0.319 e. The topological polar surface area (TPSA) is 66.5 Å². The van der Waals surface area contributed by atoms with Crippen molar-refractivity contribution in [3.8, 4) is 0 Å². The van der Waals surface area contributed by atoms with Gasteiger partial charge in [-0.05, 0) is 37.2 Å². The zero-order chi connectivity index (χ0) is 13.1. The maximum Gasteiger partial charge on any atom is 0.297 e. The highest BCUT2D eigenvalue weighted by atomic mass is 16.2. The van der Waals surface area contributed by atoms with Crippen LogP contribution >= 0.6 is 0 Å². The SMILES string of the molecule is CNCCc1ccc2c(c1)CC(=O)N2C(=O)C=O. The van der Waals surface area contributed by atoms with E-state index in [2.05, 4.69) is 5.32 Å². The van der Waals surface area contributed by atoms with Crippen LogP contribution in [0.15, 0.2) is 18.2 Å². The lowest BCUT2D eigenvalue weighted by Gasteiger charge is -2.12. The van der Waals surface area contributed by atoms with E-state index in [1.165, 1.54) is 0 Å². The molecule has 2 amide bonds. The maximum absolute atomic E-state index is 11.7. The first kappa shape index (κ1) is 12.4. The molecular weight excluding hydrogens is 232 g/mol. The Morgan fingerprint density at radius 3 is 2.94 bits per heavy atom. The molecule has 0 fully saturated rings. The van der Waals surface area contributed by atoms with Gasteiger partial charge >= 0.3 is 0 Å². The van der Waals surface area contributed by atoms with Crippen LogP contribution in [0.5, 0.6) is 0 Å². The van der Waals surface area contributed by atoms with Gasteiger partial charge in [-0.2, -0.15) is 0 Å². The molecule has 0 aliphatic carbocycles. The van der Waals surface area contributed by atoms with Gasteiger partial charge in [0.2, 0.25) is 12.2 Å². The molecule has 18 heavy (non-hydrogen) atoms. The number of anilines is 1. The number of hydrogen-bond acceptors (Lipinski definition) is 4. The Morgan fingerprint density at radius 1 is 1.50 bits per heavy atom. The molecule has 0 spiro atoms. The first-order valence-electron chi connectivity index (χ1n) is 5.76. The van der Waals surface area contributed by atoms with Gasteiger partial charge in [0.15, 0.2) is 0 Å². The molecule has 0 unspecified atom stereocenters. The fourth-order valence-electron chi connectivity index (χ4n) is 2.09. The molecule has 0 atom stereocenters. The summed E-state index contributed by atoms with van der Waals surface area (Å²) in [6.45, 7) is 0.851. The zero-order valence-electron chi connectivity index (χ0n) is 10.1. The Bertz CT molecular complexity index is 511. The number of imide groups is 1. The monoisotopic (exact) mass is 246 g/mol. The summed E-state index contributed by atoms with van der Waals surface area (Å²) in [5, 5.41) is 3.05. The number of carbonyl (C=O) groups excluding carboxylic acids is 3. The third kappa shape index (κ3) is 2.17. The van der Waals surface area contributed by atoms with Crippen LogP contribution in [0.4, 0.5) is 5.69 Å². The smallest absolute Gasteiger partial charge is 0.297 e. The highest BCUT2D eigenvalue weighted by Gasteiger charge is 2.31. The number of aldehydes is 1. The standard InChI is InChI=1S/C13H14N2O3/c1-14-5-4-9-2-3-11-10(6-9)7-12(17)15(11)13(18)8-16/h2-3,6,8,14H,4-5,7H2,1H3. The van der Waals surface area contributed by atoms with Gasteiger partial charge in [0.25, 0.3) is 5.91 Å². The van der Waals surface area contributed by atoms with Crippen molar-refractivity contribution < 1.29 is 14.4 Å². The van der Waals surface area contributed by atoms with Crippen molar-refractivity contribution in [3.63, 3.8) is 0 Å². The van der Waals surface area contributed by atoms with Gasteiger partial charge in [0.05, 0.1) is 12.1 Å². The molecule has 0 saturated carbocycles. The minimum absolute atomic E-state index is 0.169. The summed E-state index contributed by atoms with van der Waals surface area (Å²) in [7, 11) is 1.88. The number of nitrogens with zero attached hydrogens (tertiary/aromatic N) is 1. The largest absolute Gasteiger partial charge is 0.319 e. The van der Waals surface area contributed by atoms with Crippen LogP contribution < -0.4 is 10.2 Å². The van der Waals surface area contributed by atoms with Crippen LogP contribution in [0, 0.1) is 0 Å². The van der Waals surface area contributed by atoms with Crippen molar-refractivity contribution in [2.75, 3.05) is 18.5 Å². The molecule has 1 N–H and O–H groups in total. The molecule has 0 aromatic heterocycles. The highest BCUT2D eigenvalue weighted by Crippen LogP contribution is 2.29. The van der Waals surface area contributed by atoms with Crippen molar-refractivity contribution in [2.45, 2.75) is 12.8 Å². The number of rotatable bonds is 4. The maximum atomic E-state index is 11.7. The molecular formula is C13H14N2O3. The van der Waals surface area contributed by atoms with E-state index in [0.717, 1.165) is 29.0 Å². The van der Waals surface area contributed by atoms with E-state index in [9.17, 15) is 14.4 Å². The summed E-state index contributed by atoms with van der Waals surface area (Å²) >= 11 is 0. The van der Waals surface area contributed by atoms with Crippen LogP contribution in [0.2, 0.25) is 0 Å². The molecule has 1 aliphatic heterocycles. The van der Waals surface area contributed by atoms with E-state index in [4.69, 9.17) is 0 Å². The normalized spacial score (nSPS) is 13.6. The van der Waals surface area contributed by atoms with E-state index < -0.39 is 5.91 Å². The van der Waals surface area contributed by atoms with Crippen LogP contribution in [-0.4, -0.2) is 31.7 Å². The molecule has 1 heterocycles. The Morgan fingerprint density at radius 2 is 2.28 bits per heavy atom. The molecule has 5 nitrogen and oxygen atoms in total. The summed E-state index contributed by atoms with van der Waals surface area (Å²) in [5.74, 6) is -1.14. The van der Waals surface area contributed by atoms with Gasteiger partial charge < -0.3 is 5.32 Å². The number of likely N-dealkylation sites (N-methyl/N-ethyl adjacent to an activating group) is 1. The van der Waals surface area contributed by atoms with E-state index in [1.807, 2.05) is 19.2 Å². The predicted molar refractivity (Wildman–Crippen MR) is 66.3 cm³/mol. The Kier molecular flexibility index (Phi) is 3.53. The van der Waals surface area contributed by atoms with Crippen molar-refractivity contribution in [1.82, 2.24) is 5.32 Å². The second-order valence-corrected chi connectivity index (χ2v) is 4.18. The molecule has 1 aromatic rings. The van der Waals surface area contributed by atoms with Crippen molar-refractivity contribution in [2.24, 2.45) is 0 Å².